The molecule has 0 heterocycles. The molecule has 96 valence electrons. The van der Waals surface area contributed by atoms with Crippen molar-refractivity contribution in [2.24, 2.45) is 0 Å². The molecule has 17 heavy (non-hydrogen) atoms. The van der Waals surface area contributed by atoms with Crippen LogP contribution in [-0.4, -0.2) is 37.6 Å². The Morgan fingerprint density at radius 3 is 2.53 bits per heavy atom. The Hall–Kier alpha value is -0.930. The first-order valence-electron chi connectivity index (χ1n) is 6.12. The smallest absolute Gasteiger partial charge is 0.123 e. The van der Waals surface area contributed by atoms with E-state index in [-0.39, 0.29) is 5.82 Å². The third kappa shape index (κ3) is 5.80. The van der Waals surface area contributed by atoms with Crippen molar-refractivity contribution in [1.82, 2.24) is 10.2 Å². The van der Waals surface area contributed by atoms with Crippen LogP contribution in [0.4, 0.5) is 4.39 Å². The van der Waals surface area contributed by atoms with Gasteiger partial charge in [-0.3, -0.25) is 0 Å². The van der Waals surface area contributed by atoms with Crippen LogP contribution in [0.1, 0.15) is 19.4 Å². The molecule has 0 fully saturated rings. The molecule has 0 amide bonds. The molecule has 1 rings (SSSR count). The van der Waals surface area contributed by atoms with E-state index in [9.17, 15) is 4.39 Å². The Balaban J connectivity index is 2.41. The largest absolute Gasteiger partial charge is 0.310 e. The fourth-order valence-corrected chi connectivity index (χ4v) is 2.16. The Morgan fingerprint density at radius 2 is 1.94 bits per heavy atom. The molecular weight excluding hydrogens is 215 g/mol. The van der Waals surface area contributed by atoms with Crippen molar-refractivity contribution in [3.8, 4) is 0 Å². The minimum Gasteiger partial charge on any atom is -0.310 e. The average molecular weight is 238 g/mol. The van der Waals surface area contributed by atoms with E-state index >= 15 is 0 Å². The topological polar surface area (TPSA) is 15.3 Å². The molecule has 0 aliphatic heterocycles. The summed E-state index contributed by atoms with van der Waals surface area (Å²) >= 11 is 0. The number of nitrogens with zero attached hydrogens (tertiary/aromatic N) is 1. The molecule has 0 saturated heterocycles. The minimum absolute atomic E-state index is 0.156. The summed E-state index contributed by atoms with van der Waals surface area (Å²) in [5.74, 6) is -0.156. The lowest BCUT2D eigenvalue weighted by atomic mass is 10.1. The maximum atomic E-state index is 13.0. The third-order valence-electron chi connectivity index (χ3n) is 2.64. The first-order chi connectivity index (χ1) is 7.97. The van der Waals surface area contributed by atoms with Gasteiger partial charge in [0, 0.05) is 18.6 Å². The van der Waals surface area contributed by atoms with Gasteiger partial charge < -0.3 is 10.2 Å². The highest BCUT2D eigenvalue weighted by Crippen LogP contribution is 2.06. The summed E-state index contributed by atoms with van der Waals surface area (Å²) in [5, 5.41) is 3.51. The van der Waals surface area contributed by atoms with Crippen LogP contribution < -0.4 is 5.32 Å². The lowest BCUT2D eigenvalue weighted by Gasteiger charge is -2.22. The molecule has 0 spiro atoms. The van der Waals surface area contributed by atoms with Crippen LogP contribution in [0.25, 0.3) is 0 Å². The number of hydrogen-bond donors (Lipinski definition) is 1. The van der Waals surface area contributed by atoms with E-state index in [1.54, 1.807) is 12.1 Å². The zero-order valence-corrected chi connectivity index (χ0v) is 11.2. The summed E-state index contributed by atoms with van der Waals surface area (Å²) in [6.07, 6.45) is 0.857. The van der Waals surface area contributed by atoms with Gasteiger partial charge in [0.25, 0.3) is 0 Å². The summed E-state index contributed by atoms with van der Waals surface area (Å²) < 4.78 is 13.0. The van der Waals surface area contributed by atoms with Gasteiger partial charge in [-0.1, -0.05) is 12.1 Å². The highest BCUT2D eigenvalue weighted by Gasteiger charge is 2.09. The maximum Gasteiger partial charge on any atom is 0.123 e. The van der Waals surface area contributed by atoms with Crippen LogP contribution in [0.5, 0.6) is 0 Å². The highest BCUT2D eigenvalue weighted by atomic mass is 19.1. The third-order valence-corrected chi connectivity index (χ3v) is 2.64. The van der Waals surface area contributed by atoms with E-state index < -0.39 is 0 Å². The summed E-state index contributed by atoms with van der Waals surface area (Å²) in [7, 11) is 4.13. The molecule has 2 atom stereocenters. The second kappa shape index (κ2) is 6.72. The lowest BCUT2D eigenvalue weighted by molar-refractivity contribution is 0.332. The first-order valence-corrected chi connectivity index (χ1v) is 6.12. The maximum absolute atomic E-state index is 13.0. The Labute approximate surface area is 104 Å². The summed E-state index contributed by atoms with van der Waals surface area (Å²) in [4.78, 5) is 2.16. The SMILES string of the molecule is CC(Cc1cccc(F)c1)NC(C)CN(C)C. The van der Waals surface area contributed by atoms with Crippen LogP contribution in [-0.2, 0) is 6.42 Å². The normalized spacial score (nSPS) is 14.9. The zero-order valence-electron chi connectivity index (χ0n) is 11.2. The molecule has 3 heteroatoms. The number of nitrogens with one attached hydrogen (secondary N) is 1. The molecule has 1 N–H and O–H groups in total. The molecule has 0 saturated carbocycles. The lowest BCUT2D eigenvalue weighted by Crippen LogP contribution is -2.41. The Kier molecular flexibility index (Phi) is 5.59. The first kappa shape index (κ1) is 14.1. The molecule has 2 nitrogen and oxygen atoms in total. The average Bonchev–Trinajstić information content (AvgIpc) is 2.14. The van der Waals surface area contributed by atoms with E-state index in [4.69, 9.17) is 0 Å². The van der Waals surface area contributed by atoms with Crippen molar-refractivity contribution < 1.29 is 4.39 Å². The monoisotopic (exact) mass is 238 g/mol. The van der Waals surface area contributed by atoms with Crippen LogP contribution in [0.2, 0.25) is 0 Å². The minimum atomic E-state index is -0.156. The Morgan fingerprint density at radius 1 is 1.24 bits per heavy atom. The number of likely N-dealkylation sites (N-methyl/N-ethyl adjacent to an activating group) is 1. The van der Waals surface area contributed by atoms with Crippen LogP contribution in [0.3, 0.4) is 0 Å². The fraction of sp³-hybridized carbons (Fsp3) is 0.571. The molecule has 0 radical (unpaired) electrons. The molecule has 0 aliphatic rings. The predicted molar refractivity (Wildman–Crippen MR) is 70.7 cm³/mol. The van der Waals surface area contributed by atoms with Crippen molar-refractivity contribution in [2.75, 3.05) is 20.6 Å². The quantitative estimate of drug-likeness (QED) is 0.818. The van der Waals surface area contributed by atoms with Gasteiger partial charge in [0.2, 0.25) is 0 Å². The summed E-state index contributed by atoms with van der Waals surface area (Å²) in [5.41, 5.74) is 1.04. The number of halogens is 1. The Bertz CT molecular complexity index is 339. The van der Waals surface area contributed by atoms with Crippen molar-refractivity contribution >= 4 is 0 Å². The molecule has 1 aromatic carbocycles. The van der Waals surface area contributed by atoms with Gasteiger partial charge in [-0.2, -0.15) is 0 Å². The van der Waals surface area contributed by atoms with Crippen molar-refractivity contribution in [3.63, 3.8) is 0 Å². The molecule has 2 unspecified atom stereocenters. The van der Waals surface area contributed by atoms with E-state index in [0.717, 1.165) is 18.5 Å². The molecule has 0 aromatic heterocycles. The van der Waals surface area contributed by atoms with Crippen molar-refractivity contribution in [2.45, 2.75) is 32.4 Å². The second-order valence-corrected chi connectivity index (χ2v) is 5.07. The fourth-order valence-electron chi connectivity index (χ4n) is 2.16. The van der Waals surface area contributed by atoms with Crippen LogP contribution in [0, 0.1) is 5.82 Å². The zero-order chi connectivity index (χ0) is 12.8. The van der Waals surface area contributed by atoms with Crippen LogP contribution in [0.15, 0.2) is 24.3 Å². The van der Waals surface area contributed by atoms with E-state index in [2.05, 4.69) is 38.2 Å². The summed E-state index contributed by atoms with van der Waals surface area (Å²) in [6, 6.07) is 7.61. The summed E-state index contributed by atoms with van der Waals surface area (Å²) in [6.45, 7) is 5.31. The van der Waals surface area contributed by atoms with Gasteiger partial charge in [0.05, 0.1) is 0 Å². The van der Waals surface area contributed by atoms with Gasteiger partial charge in [-0.15, -0.1) is 0 Å². The predicted octanol–water partition coefficient (Wildman–Crippen LogP) is 2.30. The second-order valence-electron chi connectivity index (χ2n) is 5.07. The highest BCUT2D eigenvalue weighted by molar-refractivity contribution is 5.17. The van der Waals surface area contributed by atoms with Crippen molar-refractivity contribution in [1.29, 1.82) is 0 Å². The van der Waals surface area contributed by atoms with E-state index in [0.29, 0.717) is 12.1 Å². The molecule has 0 aliphatic carbocycles. The van der Waals surface area contributed by atoms with Gasteiger partial charge in [-0.05, 0) is 52.1 Å². The van der Waals surface area contributed by atoms with E-state index in [1.165, 1.54) is 6.07 Å². The number of rotatable bonds is 6. The standard InChI is InChI=1S/C14H23FN2/c1-11(16-12(2)10-17(3)4)8-13-6-5-7-14(15)9-13/h5-7,9,11-12,16H,8,10H2,1-4H3. The van der Waals surface area contributed by atoms with Crippen LogP contribution >= 0.6 is 0 Å². The van der Waals surface area contributed by atoms with Gasteiger partial charge in [0.15, 0.2) is 0 Å². The van der Waals surface area contributed by atoms with E-state index in [1.807, 2.05) is 6.07 Å². The van der Waals surface area contributed by atoms with Gasteiger partial charge >= 0.3 is 0 Å². The van der Waals surface area contributed by atoms with Crippen molar-refractivity contribution in [3.05, 3.63) is 35.6 Å². The number of benzene rings is 1. The van der Waals surface area contributed by atoms with Gasteiger partial charge in [-0.25, -0.2) is 4.39 Å². The number of hydrogen-bond acceptors (Lipinski definition) is 2. The molecule has 1 aromatic rings. The molecular formula is C14H23FN2. The molecule has 0 bridgehead atoms. The van der Waals surface area contributed by atoms with Gasteiger partial charge in [0.1, 0.15) is 5.82 Å².